The Labute approximate surface area is 67.4 Å². The maximum Gasteiger partial charge on any atom is 0.123 e. The van der Waals surface area contributed by atoms with Crippen molar-refractivity contribution in [3.05, 3.63) is 0 Å². The minimum atomic E-state index is -1.03. The topological polar surface area (TPSA) is 29.5 Å². The van der Waals surface area contributed by atoms with Gasteiger partial charge < -0.3 is 9.84 Å². The molecule has 0 bridgehead atoms. The molecule has 0 saturated carbocycles. The predicted molar refractivity (Wildman–Crippen MR) is 42.3 cm³/mol. The van der Waals surface area contributed by atoms with Gasteiger partial charge in [0, 0.05) is 13.7 Å². The monoisotopic (exact) mass is 164 g/mol. The molecular formula is C8H17FO2. The summed E-state index contributed by atoms with van der Waals surface area (Å²) in [6, 6.07) is 0. The van der Waals surface area contributed by atoms with Crippen LogP contribution in [-0.2, 0) is 4.74 Å². The van der Waals surface area contributed by atoms with Crippen molar-refractivity contribution in [1.82, 2.24) is 0 Å². The molecule has 11 heavy (non-hydrogen) atoms. The van der Waals surface area contributed by atoms with Crippen LogP contribution in [0.25, 0.3) is 0 Å². The third-order valence-corrected chi connectivity index (χ3v) is 1.56. The Morgan fingerprint density at radius 2 is 2.09 bits per heavy atom. The lowest BCUT2D eigenvalue weighted by molar-refractivity contribution is 0.163. The minimum Gasteiger partial charge on any atom is -0.393 e. The Morgan fingerprint density at radius 1 is 1.36 bits per heavy atom. The molecule has 0 unspecified atom stereocenters. The third kappa shape index (κ3) is 7.75. The summed E-state index contributed by atoms with van der Waals surface area (Å²) in [4.78, 5) is 0. The van der Waals surface area contributed by atoms with Crippen molar-refractivity contribution >= 4 is 0 Å². The summed E-state index contributed by atoms with van der Waals surface area (Å²) >= 11 is 0. The van der Waals surface area contributed by atoms with Crippen LogP contribution in [0.15, 0.2) is 0 Å². The molecule has 68 valence electrons. The van der Waals surface area contributed by atoms with Crippen molar-refractivity contribution in [2.75, 3.05) is 20.3 Å². The average Bonchev–Trinajstić information content (AvgIpc) is 2.04. The Morgan fingerprint density at radius 3 is 2.64 bits per heavy atom. The first kappa shape index (κ1) is 10.8. The maximum atomic E-state index is 12.4. The summed E-state index contributed by atoms with van der Waals surface area (Å²) in [6.45, 7) is 0.403. The molecular weight excluding hydrogens is 147 g/mol. The fourth-order valence-electron chi connectivity index (χ4n) is 0.880. The van der Waals surface area contributed by atoms with Gasteiger partial charge in [0.15, 0.2) is 0 Å². The molecule has 0 amide bonds. The van der Waals surface area contributed by atoms with Crippen molar-refractivity contribution in [2.45, 2.75) is 31.9 Å². The van der Waals surface area contributed by atoms with E-state index in [0.717, 1.165) is 25.9 Å². The summed E-state index contributed by atoms with van der Waals surface area (Å²) in [5.41, 5.74) is 0. The number of rotatable bonds is 7. The zero-order valence-corrected chi connectivity index (χ0v) is 7.05. The first-order chi connectivity index (χ1) is 5.31. The number of alkyl halides is 1. The highest BCUT2D eigenvalue weighted by Crippen LogP contribution is 2.05. The second-order valence-electron chi connectivity index (χ2n) is 2.62. The van der Waals surface area contributed by atoms with E-state index in [9.17, 15) is 4.39 Å². The Hall–Kier alpha value is -0.150. The van der Waals surface area contributed by atoms with Crippen LogP contribution in [0.3, 0.4) is 0 Å². The van der Waals surface area contributed by atoms with Gasteiger partial charge in [-0.25, -0.2) is 4.39 Å². The van der Waals surface area contributed by atoms with Gasteiger partial charge in [-0.1, -0.05) is 12.8 Å². The highest BCUT2D eigenvalue weighted by molar-refractivity contribution is 4.53. The number of aliphatic hydroxyl groups is 1. The highest BCUT2D eigenvalue weighted by Gasteiger charge is 2.02. The quantitative estimate of drug-likeness (QED) is 0.578. The highest BCUT2D eigenvalue weighted by atomic mass is 19.1. The summed E-state index contributed by atoms with van der Waals surface area (Å²) in [5, 5.41) is 8.34. The predicted octanol–water partition coefficient (Wildman–Crippen LogP) is 1.52. The van der Waals surface area contributed by atoms with Gasteiger partial charge in [-0.3, -0.25) is 0 Å². The number of aliphatic hydroxyl groups excluding tert-OH is 1. The number of unbranched alkanes of at least 4 members (excludes halogenated alkanes) is 2. The summed E-state index contributed by atoms with van der Waals surface area (Å²) in [7, 11) is 1.66. The van der Waals surface area contributed by atoms with Crippen LogP contribution in [0.5, 0.6) is 0 Å². The van der Waals surface area contributed by atoms with Crippen LogP contribution in [-0.4, -0.2) is 31.6 Å². The van der Waals surface area contributed by atoms with E-state index in [-0.39, 0.29) is 6.61 Å². The zero-order valence-electron chi connectivity index (χ0n) is 7.05. The molecule has 3 heteroatoms. The largest absolute Gasteiger partial charge is 0.393 e. The van der Waals surface area contributed by atoms with E-state index < -0.39 is 6.17 Å². The van der Waals surface area contributed by atoms with Gasteiger partial charge in [0.25, 0.3) is 0 Å². The summed E-state index contributed by atoms with van der Waals surface area (Å²) < 4.78 is 17.2. The molecule has 0 aliphatic carbocycles. The molecule has 0 spiro atoms. The Balaban J connectivity index is 2.89. The molecule has 0 radical (unpaired) electrons. The maximum absolute atomic E-state index is 12.4. The minimum absolute atomic E-state index is 0.343. The van der Waals surface area contributed by atoms with E-state index in [1.807, 2.05) is 0 Å². The second-order valence-corrected chi connectivity index (χ2v) is 2.62. The van der Waals surface area contributed by atoms with E-state index in [0.29, 0.717) is 6.42 Å². The molecule has 0 aliphatic heterocycles. The number of hydrogen-bond donors (Lipinski definition) is 1. The van der Waals surface area contributed by atoms with Crippen molar-refractivity contribution in [2.24, 2.45) is 0 Å². The van der Waals surface area contributed by atoms with E-state index >= 15 is 0 Å². The van der Waals surface area contributed by atoms with Crippen LogP contribution in [0.2, 0.25) is 0 Å². The van der Waals surface area contributed by atoms with Crippen molar-refractivity contribution in [1.29, 1.82) is 0 Å². The number of methoxy groups -OCH3 is 1. The fraction of sp³-hybridized carbons (Fsp3) is 1.00. The number of halogens is 1. The Bertz CT molecular complexity index is 78.5. The lowest BCUT2D eigenvalue weighted by Crippen LogP contribution is -2.05. The van der Waals surface area contributed by atoms with Gasteiger partial charge in [0.05, 0.1) is 6.61 Å². The molecule has 0 aliphatic rings. The molecule has 0 aromatic heterocycles. The lowest BCUT2D eigenvalue weighted by Gasteiger charge is -2.03. The van der Waals surface area contributed by atoms with E-state index in [2.05, 4.69) is 0 Å². The second kappa shape index (κ2) is 7.95. The van der Waals surface area contributed by atoms with Crippen LogP contribution < -0.4 is 0 Å². The summed E-state index contributed by atoms with van der Waals surface area (Å²) in [5.74, 6) is 0. The molecule has 0 fully saturated rings. The number of ether oxygens (including phenoxy) is 1. The molecule has 2 nitrogen and oxygen atoms in total. The van der Waals surface area contributed by atoms with Gasteiger partial charge in [-0.2, -0.15) is 0 Å². The van der Waals surface area contributed by atoms with Crippen molar-refractivity contribution in [3.63, 3.8) is 0 Å². The molecule has 0 rings (SSSR count). The van der Waals surface area contributed by atoms with Crippen molar-refractivity contribution < 1.29 is 14.2 Å². The molecule has 1 N–H and O–H groups in total. The van der Waals surface area contributed by atoms with Crippen LogP contribution in [0, 0.1) is 0 Å². The lowest BCUT2D eigenvalue weighted by atomic mass is 10.1. The Kier molecular flexibility index (Phi) is 7.84. The van der Waals surface area contributed by atoms with E-state index in [1.54, 1.807) is 7.11 Å². The molecule has 0 aromatic carbocycles. The van der Waals surface area contributed by atoms with Gasteiger partial charge >= 0.3 is 0 Å². The van der Waals surface area contributed by atoms with Gasteiger partial charge in [-0.15, -0.1) is 0 Å². The van der Waals surface area contributed by atoms with Gasteiger partial charge in [0.2, 0.25) is 0 Å². The molecule has 1 atom stereocenters. The van der Waals surface area contributed by atoms with E-state index in [4.69, 9.17) is 9.84 Å². The fourth-order valence-corrected chi connectivity index (χ4v) is 0.880. The SMILES string of the molecule is COCCCCC[C@H](F)CO. The van der Waals surface area contributed by atoms with Crippen LogP contribution in [0.4, 0.5) is 4.39 Å². The number of hydrogen-bond acceptors (Lipinski definition) is 2. The van der Waals surface area contributed by atoms with Gasteiger partial charge in [-0.05, 0) is 12.8 Å². The molecule has 0 heterocycles. The first-order valence-corrected chi connectivity index (χ1v) is 4.05. The standard InChI is InChI=1S/C8H17FO2/c1-11-6-4-2-3-5-8(9)7-10/h8,10H,2-7H2,1H3/t8-/m0/s1. The molecule has 0 aromatic rings. The third-order valence-electron chi connectivity index (χ3n) is 1.56. The zero-order chi connectivity index (χ0) is 8.53. The molecule has 0 saturated heterocycles. The van der Waals surface area contributed by atoms with Crippen LogP contribution in [0.1, 0.15) is 25.7 Å². The van der Waals surface area contributed by atoms with E-state index in [1.165, 1.54) is 0 Å². The van der Waals surface area contributed by atoms with Gasteiger partial charge in [0.1, 0.15) is 6.17 Å². The average molecular weight is 164 g/mol. The summed E-state index contributed by atoms with van der Waals surface area (Å²) in [6.07, 6.45) is 2.24. The smallest absolute Gasteiger partial charge is 0.123 e. The van der Waals surface area contributed by atoms with Crippen molar-refractivity contribution in [3.8, 4) is 0 Å². The van der Waals surface area contributed by atoms with Crippen LogP contribution >= 0.6 is 0 Å². The normalized spacial score (nSPS) is 13.4. The first-order valence-electron chi connectivity index (χ1n) is 4.05.